The van der Waals surface area contributed by atoms with E-state index < -0.39 is 5.82 Å². The summed E-state index contributed by atoms with van der Waals surface area (Å²) in [5.41, 5.74) is 5.58. The van der Waals surface area contributed by atoms with Gasteiger partial charge in [0, 0.05) is 10.9 Å². The summed E-state index contributed by atoms with van der Waals surface area (Å²) in [7, 11) is 0. The Hall–Kier alpha value is -0.610. The number of benzene rings is 1. The lowest BCUT2D eigenvalue weighted by molar-refractivity contribution is 0.577. The number of hydrogen-bond acceptors (Lipinski definition) is 2. The van der Waals surface area contributed by atoms with Gasteiger partial charge >= 0.3 is 0 Å². The van der Waals surface area contributed by atoms with Crippen LogP contribution in [0.1, 0.15) is 19.8 Å². The van der Waals surface area contributed by atoms with Crippen LogP contribution in [0.15, 0.2) is 23.1 Å². The van der Waals surface area contributed by atoms with E-state index in [4.69, 9.17) is 5.73 Å². The number of halogens is 2. The third kappa shape index (κ3) is 4.62. The lowest BCUT2D eigenvalue weighted by Gasteiger charge is -2.05. The van der Waals surface area contributed by atoms with Gasteiger partial charge in [0.25, 0.3) is 0 Å². The summed E-state index contributed by atoms with van der Waals surface area (Å²) in [5.74, 6) is 0.00957. The number of hydrogen-bond donors (Lipinski definition) is 1. The van der Waals surface area contributed by atoms with Crippen molar-refractivity contribution in [2.24, 2.45) is 5.73 Å². The minimum absolute atomic E-state index is 0.169. The molecule has 0 aliphatic heterocycles. The molecule has 0 fully saturated rings. The van der Waals surface area contributed by atoms with Gasteiger partial charge in [0.15, 0.2) is 0 Å². The second-order valence-electron chi connectivity index (χ2n) is 3.54. The summed E-state index contributed by atoms with van der Waals surface area (Å²) in [5, 5.41) is 0. The van der Waals surface area contributed by atoms with E-state index in [9.17, 15) is 8.78 Å². The fourth-order valence-electron chi connectivity index (χ4n) is 1.18. The molecule has 0 amide bonds. The molecule has 0 aliphatic carbocycles. The standard InChI is InChI=1S/C11H15F2NS/c1-8(14)3-2-6-15-11-7-9(12)4-5-10(11)13/h4-5,7-8H,2-3,6,14H2,1H3. The highest BCUT2D eigenvalue weighted by atomic mass is 32.2. The second-order valence-corrected chi connectivity index (χ2v) is 4.68. The molecule has 15 heavy (non-hydrogen) atoms. The third-order valence-corrected chi connectivity index (χ3v) is 3.07. The molecule has 84 valence electrons. The summed E-state index contributed by atoms with van der Waals surface area (Å²) in [6, 6.07) is 3.68. The number of rotatable bonds is 5. The Morgan fingerprint density at radius 2 is 2.13 bits per heavy atom. The van der Waals surface area contributed by atoms with Gasteiger partial charge in [-0.15, -0.1) is 11.8 Å². The first kappa shape index (κ1) is 12.5. The zero-order valence-electron chi connectivity index (χ0n) is 8.67. The van der Waals surface area contributed by atoms with Crippen molar-refractivity contribution in [1.29, 1.82) is 0 Å². The Morgan fingerprint density at radius 1 is 1.40 bits per heavy atom. The van der Waals surface area contributed by atoms with Gasteiger partial charge in [-0.1, -0.05) is 0 Å². The van der Waals surface area contributed by atoms with Crippen LogP contribution < -0.4 is 5.73 Å². The van der Waals surface area contributed by atoms with Gasteiger partial charge in [-0.2, -0.15) is 0 Å². The zero-order valence-corrected chi connectivity index (χ0v) is 9.49. The summed E-state index contributed by atoms with van der Waals surface area (Å²) in [4.78, 5) is 0.375. The average molecular weight is 231 g/mol. The quantitative estimate of drug-likeness (QED) is 0.622. The molecular weight excluding hydrogens is 216 g/mol. The van der Waals surface area contributed by atoms with Crippen LogP contribution in [0.2, 0.25) is 0 Å². The van der Waals surface area contributed by atoms with Crippen LogP contribution in [0.5, 0.6) is 0 Å². The maximum Gasteiger partial charge on any atom is 0.136 e. The fraction of sp³-hybridized carbons (Fsp3) is 0.455. The lowest BCUT2D eigenvalue weighted by atomic mass is 10.2. The molecule has 0 aromatic heterocycles. The Balaban J connectivity index is 2.40. The molecule has 2 N–H and O–H groups in total. The molecule has 1 nitrogen and oxygen atoms in total. The molecule has 0 heterocycles. The van der Waals surface area contributed by atoms with Crippen LogP contribution in [0, 0.1) is 11.6 Å². The SMILES string of the molecule is CC(N)CCCSc1cc(F)ccc1F. The van der Waals surface area contributed by atoms with E-state index in [0.29, 0.717) is 4.90 Å². The molecule has 0 bridgehead atoms. The average Bonchev–Trinajstić information content (AvgIpc) is 2.17. The van der Waals surface area contributed by atoms with Crippen molar-refractivity contribution in [3.63, 3.8) is 0 Å². The van der Waals surface area contributed by atoms with Gasteiger partial charge in [0.05, 0.1) is 0 Å². The Kier molecular flexibility index (Phi) is 5.05. The van der Waals surface area contributed by atoms with Gasteiger partial charge in [-0.25, -0.2) is 8.78 Å². The smallest absolute Gasteiger partial charge is 0.136 e. The van der Waals surface area contributed by atoms with Gasteiger partial charge in [0.1, 0.15) is 11.6 Å². The van der Waals surface area contributed by atoms with Crippen molar-refractivity contribution in [2.45, 2.75) is 30.7 Å². The maximum atomic E-state index is 13.1. The van der Waals surface area contributed by atoms with E-state index in [1.54, 1.807) is 0 Å². The second kappa shape index (κ2) is 6.08. The maximum absolute atomic E-state index is 13.1. The predicted molar refractivity (Wildman–Crippen MR) is 60.0 cm³/mol. The molecule has 0 aliphatic rings. The van der Waals surface area contributed by atoms with Crippen molar-refractivity contribution in [3.8, 4) is 0 Å². The highest BCUT2D eigenvalue weighted by Gasteiger charge is 2.04. The molecule has 1 atom stereocenters. The Labute approximate surface area is 93.1 Å². The predicted octanol–water partition coefficient (Wildman–Crippen LogP) is 3.18. The van der Waals surface area contributed by atoms with E-state index in [1.807, 2.05) is 6.92 Å². The first-order valence-electron chi connectivity index (χ1n) is 4.93. The zero-order chi connectivity index (χ0) is 11.3. The monoisotopic (exact) mass is 231 g/mol. The van der Waals surface area contributed by atoms with Crippen molar-refractivity contribution in [1.82, 2.24) is 0 Å². The Bertz CT molecular complexity index is 315. The lowest BCUT2D eigenvalue weighted by Crippen LogP contribution is -2.14. The van der Waals surface area contributed by atoms with Crippen LogP contribution in [0.4, 0.5) is 8.78 Å². The largest absolute Gasteiger partial charge is 0.328 e. The number of nitrogens with two attached hydrogens (primary N) is 1. The fourth-order valence-corrected chi connectivity index (χ4v) is 2.11. The normalized spacial score (nSPS) is 12.8. The van der Waals surface area contributed by atoms with Gasteiger partial charge < -0.3 is 5.73 Å². The molecule has 0 saturated carbocycles. The summed E-state index contributed by atoms with van der Waals surface area (Å²) in [6.45, 7) is 1.94. The molecule has 1 aromatic carbocycles. The molecule has 1 rings (SSSR count). The first-order chi connectivity index (χ1) is 7.09. The van der Waals surface area contributed by atoms with Crippen LogP contribution in [0.25, 0.3) is 0 Å². The molecule has 0 spiro atoms. The third-order valence-electron chi connectivity index (χ3n) is 1.95. The van der Waals surface area contributed by atoms with E-state index in [-0.39, 0.29) is 11.9 Å². The van der Waals surface area contributed by atoms with Gasteiger partial charge in [0.2, 0.25) is 0 Å². The minimum Gasteiger partial charge on any atom is -0.328 e. The molecule has 0 radical (unpaired) electrons. The first-order valence-corrected chi connectivity index (χ1v) is 5.91. The summed E-state index contributed by atoms with van der Waals surface area (Å²) >= 11 is 1.33. The van der Waals surface area contributed by atoms with Crippen molar-refractivity contribution in [2.75, 3.05) is 5.75 Å². The van der Waals surface area contributed by atoms with Gasteiger partial charge in [-0.05, 0) is 43.7 Å². The molecule has 1 unspecified atom stereocenters. The summed E-state index contributed by atoms with van der Waals surface area (Å²) < 4.78 is 25.9. The van der Waals surface area contributed by atoms with Crippen LogP contribution in [-0.4, -0.2) is 11.8 Å². The topological polar surface area (TPSA) is 26.0 Å². The molecular formula is C11H15F2NS. The van der Waals surface area contributed by atoms with Crippen LogP contribution in [0.3, 0.4) is 0 Å². The van der Waals surface area contributed by atoms with E-state index in [1.165, 1.54) is 17.8 Å². The summed E-state index contributed by atoms with van der Waals surface area (Å²) in [6.07, 6.45) is 1.82. The van der Waals surface area contributed by atoms with Gasteiger partial charge in [-0.3, -0.25) is 0 Å². The van der Waals surface area contributed by atoms with E-state index in [0.717, 1.165) is 30.7 Å². The van der Waals surface area contributed by atoms with Crippen LogP contribution in [-0.2, 0) is 0 Å². The number of thioether (sulfide) groups is 1. The molecule has 0 saturated heterocycles. The minimum atomic E-state index is -0.397. The van der Waals surface area contributed by atoms with Crippen molar-refractivity contribution >= 4 is 11.8 Å². The van der Waals surface area contributed by atoms with E-state index in [2.05, 4.69) is 0 Å². The molecule has 4 heteroatoms. The van der Waals surface area contributed by atoms with Crippen molar-refractivity contribution < 1.29 is 8.78 Å². The van der Waals surface area contributed by atoms with E-state index >= 15 is 0 Å². The highest BCUT2D eigenvalue weighted by Crippen LogP contribution is 2.23. The van der Waals surface area contributed by atoms with Crippen molar-refractivity contribution in [3.05, 3.63) is 29.8 Å². The van der Waals surface area contributed by atoms with Crippen LogP contribution >= 0.6 is 11.8 Å². The Morgan fingerprint density at radius 3 is 2.80 bits per heavy atom. The molecule has 1 aromatic rings. The highest BCUT2D eigenvalue weighted by molar-refractivity contribution is 7.99.